The number of hydrogen-bond acceptors (Lipinski definition) is 4. The lowest BCUT2D eigenvalue weighted by Gasteiger charge is -2.33. The first-order valence-electron chi connectivity index (χ1n) is 7.80. The van der Waals surface area contributed by atoms with E-state index < -0.39 is 0 Å². The molecule has 1 atom stereocenters. The van der Waals surface area contributed by atoms with Crippen LogP contribution >= 0.6 is 0 Å². The lowest BCUT2D eigenvalue weighted by molar-refractivity contribution is -0.120. The van der Waals surface area contributed by atoms with Gasteiger partial charge in [0.1, 0.15) is 0 Å². The van der Waals surface area contributed by atoms with Gasteiger partial charge in [0.2, 0.25) is 5.91 Å². The van der Waals surface area contributed by atoms with Crippen LogP contribution in [0.5, 0.6) is 0 Å². The number of rotatable bonds is 6. The maximum atomic E-state index is 12.6. The number of carbonyl (C=O) groups is 1. The van der Waals surface area contributed by atoms with Crippen molar-refractivity contribution in [2.45, 2.75) is 19.3 Å². The van der Waals surface area contributed by atoms with Crippen LogP contribution in [-0.2, 0) is 4.79 Å². The fraction of sp³-hybridized carbons (Fsp3) is 0.529. The molecule has 1 heterocycles. The van der Waals surface area contributed by atoms with Gasteiger partial charge in [0.05, 0.1) is 19.0 Å². The minimum Gasteiger partial charge on any atom is -0.396 e. The molecule has 0 spiro atoms. The van der Waals surface area contributed by atoms with Gasteiger partial charge < -0.3 is 10.0 Å². The van der Waals surface area contributed by atoms with Gasteiger partial charge in [-0.1, -0.05) is 18.2 Å². The summed E-state index contributed by atoms with van der Waals surface area (Å²) >= 11 is 0. The number of aliphatic hydroxyl groups excluding tert-OH is 1. The Morgan fingerprint density at radius 2 is 2.18 bits per heavy atom. The topological polar surface area (TPSA) is 67.6 Å². The van der Waals surface area contributed by atoms with Crippen molar-refractivity contribution in [1.29, 1.82) is 5.26 Å². The molecule has 5 nitrogen and oxygen atoms in total. The predicted octanol–water partition coefficient (Wildman–Crippen LogP) is 1.64. The third-order valence-electron chi connectivity index (χ3n) is 4.04. The summed E-state index contributed by atoms with van der Waals surface area (Å²) in [5.74, 6) is 0.283. The van der Waals surface area contributed by atoms with E-state index in [9.17, 15) is 9.90 Å². The van der Waals surface area contributed by atoms with Crippen molar-refractivity contribution in [3.63, 3.8) is 0 Å². The zero-order valence-corrected chi connectivity index (χ0v) is 12.8. The summed E-state index contributed by atoms with van der Waals surface area (Å²) in [7, 11) is 0. The zero-order valence-electron chi connectivity index (χ0n) is 12.8. The van der Waals surface area contributed by atoms with E-state index in [1.54, 1.807) is 4.90 Å². The van der Waals surface area contributed by atoms with Gasteiger partial charge in [-0.15, -0.1) is 0 Å². The van der Waals surface area contributed by atoms with Gasteiger partial charge in [0.25, 0.3) is 0 Å². The third-order valence-corrected chi connectivity index (χ3v) is 4.04. The smallest absolute Gasteiger partial charge is 0.241 e. The van der Waals surface area contributed by atoms with Crippen LogP contribution in [0.2, 0.25) is 0 Å². The average molecular weight is 301 g/mol. The lowest BCUT2D eigenvalue weighted by atomic mass is 9.99. The SMILES string of the molecule is N#CCCN(C(=O)CN1CCCC(CO)C1)c1ccccc1. The van der Waals surface area contributed by atoms with E-state index in [1.165, 1.54) is 0 Å². The van der Waals surface area contributed by atoms with E-state index in [0.29, 0.717) is 19.5 Å². The first-order chi connectivity index (χ1) is 10.7. The highest BCUT2D eigenvalue weighted by atomic mass is 16.3. The van der Waals surface area contributed by atoms with Gasteiger partial charge in [-0.05, 0) is 37.4 Å². The molecular formula is C17H23N3O2. The van der Waals surface area contributed by atoms with E-state index in [2.05, 4.69) is 11.0 Å². The molecule has 1 N–H and O–H groups in total. The summed E-state index contributed by atoms with van der Waals surface area (Å²) < 4.78 is 0. The molecule has 1 aliphatic heterocycles. The van der Waals surface area contributed by atoms with E-state index in [-0.39, 0.29) is 18.4 Å². The first kappa shape index (κ1) is 16.5. The number of nitriles is 1. The van der Waals surface area contributed by atoms with Crippen molar-refractivity contribution in [2.24, 2.45) is 5.92 Å². The van der Waals surface area contributed by atoms with Crippen molar-refractivity contribution in [3.8, 4) is 6.07 Å². The summed E-state index contributed by atoms with van der Waals surface area (Å²) in [5.41, 5.74) is 0.832. The van der Waals surface area contributed by atoms with Crippen molar-refractivity contribution in [1.82, 2.24) is 4.90 Å². The Labute approximate surface area is 131 Å². The van der Waals surface area contributed by atoms with Crippen LogP contribution in [0, 0.1) is 17.2 Å². The molecule has 0 radical (unpaired) electrons. The van der Waals surface area contributed by atoms with Crippen molar-refractivity contribution in [3.05, 3.63) is 30.3 Å². The highest BCUT2D eigenvalue weighted by Gasteiger charge is 2.23. The number of aliphatic hydroxyl groups is 1. The standard InChI is InChI=1S/C17H23N3O2/c18-9-5-11-20(16-7-2-1-3-8-16)17(22)13-19-10-4-6-15(12-19)14-21/h1-3,7-8,15,21H,4-6,10-14H2. The minimum absolute atomic E-state index is 0.0139. The van der Waals surface area contributed by atoms with Gasteiger partial charge in [0.15, 0.2) is 0 Å². The quantitative estimate of drug-likeness (QED) is 0.867. The second kappa shape index (κ2) is 8.52. The molecule has 5 heteroatoms. The molecule has 0 aliphatic carbocycles. The van der Waals surface area contributed by atoms with E-state index in [1.807, 2.05) is 30.3 Å². The second-order valence-electron chi connectivity index (χ2n) is 5.71. The van der Waals surface area contributed by atoms with Crippen molar-refractivity contribution in [2.75, 3.05) is 37.7 Å². The monoisotopic (exact) mass is 301 g/mol. The van der Waals surface area contributed by atoms with Crippen LogP contribution in [0.25, 0.3) is 0 Å². The largest absolute Gasteiger partial charge is 0.396 e. The molecule has 1 saturated heterocycles. The Balaban J connectivity index is 2.01. The lowest BCUT2D eigenvalue weighted by Crippen LogP contribution is -2.45. The Morgan fingerprint density at radius 3 is 2.86 bits per heavy atom. The molecule has 1 aliphatic rings. The van der Waals surface area contributed by atoms with E-state index >= 15 is 0 Å². The molecule has 1 amide bonds. The van der Waals surface area contributed by atoms with Gasteiger partial charge in [-0.2, -0.15) is 5.26 Å². The van der Waals surface area contributed by atoms with Crippen LogP contribution in [-0.4, -0.2) is 48.7 Å². The number of benzene rings is 1. The van der Waals surface area contributed by atoms with E-state index in [0.717, 1.165) is 31.6 Å². The highest BCUT2D eigenvalue weighted by Crippen LogP contribution is 2.18. The summed E-state index contributed by atoms with van der Waals surface area (Å²) in [6, 6.07) is 11.6. The zero-order chi connectivity index (χ0) is 15.8. The summed E-state index contributed by atoms with van der Waals surface area (Å²) in [6.07, 6.45) is 2.36. The second-order valence-corrected chi connectivity index (χ2v) is 5.71. The first-order valence-corrected chi connectivity index (χ1v) is 7.80. The predicted molar refractivity (Wildman–Crippen MR) is 85.3 cm³/mol. The van der Waals surface area contributed by atoms with Crippen LogP contribution in [0.3, 0.4) is 0 Å². The number of amides is 1. The Hall–Kier alpha value is -1.90. The summed E-state index contributed by atoms with van der Waals surface area (Å²) in [6.45, 7) is 2.60. The van der Waals surface area contributed by atoms with Crippen molar-refractivity contribution >= 4 is 11.6 Å². The molecule has 2 rings (SSSR count). The molecule has 1 fully saturated rings. The number of nitrogens with zero attached hydrogens (tertiary/aromatic N) is 3. The fourth-order valence-corrected chi connectivity index (χ4v) is 2.89. The maximum Gasteiger partial charge on any atom is 0.241 e. The molecule has 1 aromatic rings. The minimum atomic E-state index is 0.0139. The van der Waals surface area contributed by atoms with E-state index in [4.69, 9.17) is 5.26 Å². The van der Waals surface area contributed by atoms with Crippen LogP contribution < -0.4 is 4.90 Å². The Kier molecular flexibility index (Phi) is 6.38. The number of likely N-dealkylation sites (tertiary alicyclic amines) is 1. The van der Waals surface area contributed by atoms with Crippen LogP contribution in [0.4, 0.5) is 5.69 Å². The van der Waals surface area contributed by atoms with Gasteiger partial charge in [0, 0.05) is 25.4 Å². The highest BCUT2D eigenvalue weighted by molar-refractivity contribution is 5.94. The molecule has 22 heavy (non-hydrogen) atoms. The number of anilines is 1. The maximum absolute atomic E-state index is 12.6. The Bertz CT molecular complexity index is 512. The molecule has 0 bridgehead atoms. The third kappa shape index (κ3) is 4.55. The Morgan fingerprint density at radius 1 is 1.41 bits per heavy atom. The molecule has 1 aromatic carbocycles. The van der Waals surface area contributed by atoms with Gasteiger partial charge >= 0.3 is 0 Å². The number of piperidine rings is 1. The van der Waals surface area contributed by atoms with Crippen molar-refractivity contribution < 1.29 is 9.90 Å². The molecule has 118 valence electrons. The molecule has 0 aromatic heterocycles. The number of carbonyl (C=O) groups excluding carboxylic acids is 1. The van der Waals surface area contributed by atoms with Crippen LogP contribution in [0.15, 0.2) is 30.3 Å². The number of para-hydroxylation sites is 1. The number of hydrogen-bond donors (Lipinski definition) is 1. The molecule has 1 unspecified atom stereocenters. The average Bonchev–Trinajstić information content (AvgIpc) is 2.56. The fourth-order valence-electron chi connectivity index (χ4n) is 2.89. The summed E-state index contributed by atoms with van der Waals surface area (Å²) in [4.78, 5) is 16.4. The van der Waals surface area contributed by atoms with Crippen LogP contribution in [0.1, 0.15) is 19.3 Å². The van der Waals surface area contributed by atoms with Gasteiger partial charge in [-0.3, -0.25) is 9.69 Å². The summed E-state index contributed by atoms with van der Waals surface area (Å²) in [5, 5.41) is 18.1. The molecular weight excluding hydrogens is 278 g/mol. The normalized spacial score (nSPS) is 18.6. The molecule has 0 saturated carbocycles. The van der Waals surface area contributed by atoms with Gasteiger partial charge in [-0.25, -0.2) is 0 Å².